The zero-order valence-electron chi connectivity index (χ0n) is 10.3. The molecule has 1 heterocycles. The Morgan fingerprint density at radius 2 is 2.12 bits per heavy atom. The van der Waals surface area contributed by atoms with E-state index in [2.05, 4.69) is 36.3 Å². The lowest BCUT2D eigenvalue weighted by Crippen LogP contribution is -2.19. The Morgan fingerprint density at radius 3 is 2.81 bits per heavy atom. The normalized spacial score (nSPS) is 15.9. The first-order chi connectivity index (χ1) is 7.79. The summed E-state index contributed by atoms with van der Waals surface area (Å²) in [5, 5.41) is 3.35. The molecular weight excluding hydrogens is 200 g/mol. The Bertz CT molecular complexity index is 317. The monoisotopic (exact) mass is 222 g/mol. The number of hydrogen-bond acceptors (Lipinski definition) is 3. The second kappa shape index (κ2) is 5.51. The molecule has 3 nitrogen and oxygen atoms in total. The molecule has 0 unspecified atom stereocenters. The van der Waals surface area contributed by atoms with Crippen LogP contribution in [0.1, 0.15) is 37.7 Å². The zero-order chi connectivity index (χ0) is 11.4. The van der Waals surface area contributed by atoms with E-state index in [0.29, 0.717) is 0 Å². The van der Waals surface area contributed by atoms with Crippen LogP contribution >= 0.6 is 0 Å². The Morgan fingerprint density at radius 1 is 1.38 bits per heavy atom. The summed E-state index contributed by atoms with van der Waals surface area (Å²) < 4.78 is 5.77. The minimum atomic E-state index is 0.798. The predicted octanol–water partition coefficient (Wildman–Crippen LogP) is 2.37. The van der Waals surface area contributed by atoms with Crippen LogP contribution in [0.25, 0.3) is 0 Å². The van der Waals surface area contributed by atoms with Crippen LogP contribution in [-0.2, 0) is 13.1 Å². The van der Waals surface area contributed by atoms with E-state index in [1.54, 1.807) is 0 Å². The topological polar surface area (TPSA) is 28.4 Å². The van der Waals surface area contributed by atoms with Gasteiger partial charge in [0.25, 0.3) is 0 Å². The van der Waals surface area contributed by atoms with Gasteiger partial charge in [0.15, 0.2) is 0 Å². The lowest BCUT2D eigenvalue weighted by atomic mass is 10.4. The first-order valence-corrected chi connectivity index (χ1v) is 6.28. The first-order valence-electron chi connectivity index (χ1n) is 6.28. The van der Waals surface area contributed by atoms with Gasteiger partial charge in [-0.05, 0) is 45.0 Å². The van der Waals surface area contributed by atoms with Gasteiger partial charge in [0.05, 0.1) is 13.1 Å². The van der Waals surface area contributed by atoms with Gasteiger partial charge in [0.2, 0.25) is 0 Å². The molecule has 90 valence electrons. The van der Waals surface area contributed by atoms with Crippen molar-refractivity contribution in [3.63, 3.8) is 0 Å². The van der Waals surface area contributed by atoms with Gasteiger partial charge in [-0.2, -0.15) is 0 Å². The Hall–Kier alpha value is -0.800. The number of rotatable bonds is 7. The Balaban J connectivity index is 1.77. The third kappa shape index (κ3) is 3.35. The van der Waals surface area contributed by atoms with Gasteiger partial charge in [-0.25, -0.2) is 0 Å². The molecule has 1 aliphatic carbocycles. The smallest absolute Gasteiger partial charge is 0.118 e. The van der Waals surface area contributed by atoms with E-state index in [9.17, 15) is 0 Å². The summed E-state index contributed by atoms with van der Waals surface area (Å²) in [6.07, 6.45) is 3.86. The van der Waals surface area contributed by atoms with Crippen molar-refractivity contribution in [1.29, 1.82) is 0 Å². The van der Waals surface area contributed by atoms with Gasteiger partial charge < -0.3 is 9.73 Å². The fourth-order valence-electron chi connectivity index (χ4n) is 1.88. The summed E-state index contributed by atoms with van der Waals surface area (Å²) in [5.41, 5.74) is 0. The SMILES string of the molecule is CCCNCc1ccc(CN(C)C2CC2)o1. The van der Waals surface area contributed by atoms with Crippen LogP contribution in [0.5, 0.6) is 0 Å². The van der Waals surface area contributed by atoms with Crippen LogP contribution in [0.15, 0.2) is 16.5 Å². The van der Waals surface area contributed by atoms with Crippen molar-refractivity contribution in [3.05, 3.63) is 23.7 Å². The van der Waals surface area contributed by atoms with Crippen molar-refractivity contribution < 1.29 is 4.42 Å². The van der Waals surface area contributed by atoms with Crippen LogP contribution in [0, 0.1) is 0 Å². The predicted molar refractivity (Wildman–Crippen MR) is 65.2 cm³/mol. The number of furan rings is 1. The minimum Gasteiger partial charge on any atom is -0.463 e. The molecule has 16 heavy (non-hydrogen) atoms. The van der Waals surface area contributed by atoms with Crippen molar-refractivity contribution in [3.8, 4) is 0 Å². The standard InChI is InChI=1S/C13H22N2O/c1-3-8-14-9-12-6-7-13(16-12)10-15(2)11-4-5-11/h6-7,11,14H,3-5,8-10H2,1-2H3. The third-order valence-corrected chi connectivity index (χ3v) is 3.02. The van der Waals surface area contributed by atoms with Crippen LogP contribution in [0.4, 0.5) is 0 Å². The van der Waals surface area contributed by atoms with Crippen LogP contribution in [-0.4, -0.2) is 24.5 Å². The highest BCUT2D eigenvalue weighted by Gasteiger charge is 2.26. The molecule has 0 bridgehead atoms. The molecule has 0 saturated heterocycles. The molecule has 1 N–H and O–H groups in total. The Labute approximate surface area is 97.8 Å². The van der Waals surface area contributed by atoms with E-state index in [1.807, 2.05) is 0 Å². The van der Waals surface area contributed by atoms with Crippen molar-refractivity contribution in [2.24, 2.45) is 0 Å². The van der Waals surface area contributed by atoms with Crippen LogP contribution in [0.2, 0.25) is 0 Å². The molecule has 1 aliphatic rings. The van der Waals surface area contributed by atoms with Gasteiger partial charge in [0.1, 0.15) is 11.5 Å². The third-order valence-electron chi connectivity index (χ3n) is 3.02. The number of nitrogens with one attached hydrogen (secondary N) is 1. The van der Waals surface area contributed by atoms with E-state index in [-0.39, 0.29) is 0 Å². The van der Waals surface area contributed by atoms with Gasteiger partial charge in [-0.15, -0.1) is 0 Å². The summed E-state index contributed by atoms with van der Waals surface area (Å²) in [6.45, 7) is 5.02. The molecule has 0 amide bonds. The Kier molecular flexibility index (Phi) is 4.02. The van der Waals surface area contributed by atoms with Crippen LogP contribution in [0.3, 0.4) is 0 Å². The number of hydrogen-bond donors (Lipinski definition) is 1. The maximum Gasteiger partial charge on any atom is 0.118 e. The highest BCUT2D eigenvalue weighted by Crippen LogP contribution is 2.26. The molecule has 1 aromatic rings. The summed E-state index contributed by atoms with van der Waals surface area (Å²) in [4.78, 5) is 2.38. The van der Waals surface area contributed by atoms with E-state index in [1.165, 1.54) is 12.8 Å². The highest BCUT2D eigenvalue weighted by molar-refractivity contribution is 5.07. The molecule has 0 radical (unpaired) electrons. The second-order valence-corrected chi connectivity index (χ2v) is 4.69. The van der Waals surface area contributed by atoms with E-state index in [0.717, 1.165) is 43.6 Å². The molecule has 1 fully saturated rings. The molecule has 2 rings (SSSR count). The summed E-state index contributed by atoms with van der Waals surface area (Å²) in [6, 6.07) is 4.98. The van der Waals surface area contributed by atoms with E-state index < -0.39 is 0 Å². The quantitative estimate of drug-likeness (QED) is 0.718. The molecule has 0 aliphatic heterocycles. The fourth-order valence-corrected chi connectivity index (χ4v) is 1.88. The summed E-state index contributed by atoms with van der Waals surface area (Å²) >= 11 is 0. The van der Waals surface area contributed by atoms with E-state index in [4.69, 9.17) is 4.42 Å². The van der Waals surface area contributed by atoms with Gasteiger partial charge >= 0.3 is 0 Å². The van der Waals surface area contributed by atoms with Gasteiger partial charge in [-0.1, -0.05) is 6.92 Å². The molecule has 0 atom stereocenters. The van der Waals surface area contributed by atoms with Crippen LogP contribution < -0.4 is 5.32 Å². The molecule has 1 saturated carbocycles. The summed E-state index contributed by atoms with van der Waals surface area (Å²) in [7, 11) is 2.18. The molecule has 3 heteroatoms. The maximum absolute atomic E-state index is 5.77. The molecular formula is C13H22N2O. The molecule has 1 aromatic heterocycles. The lowest BCUT2D eigenvalue weighted by molar-refractivity contribution is 0.280. The second-order valence-electron chi connectivity index (χ2n) is 4.69. The number of nitrogens with zero attached hydrogens (tertiary/aromatic N) is 1. The van der Waals surface area contributed by atoms with Gasteiger partial charge in [0, 0.05) is 6.04 Å². The minimum absolute atomic E-state index is 0.798. The molecule has 0 aromatic carbocycles. The van der Waals surface area contributed by atoms with Crippen molar-refractivity contribution >= 4 is 0 Å². The lowest BCUT2D eigenvalue weighted by Gasteiger charge is -2.13. The zero-order valence-corrected chi connectivity index (χ0v) is 10.3. The average Bonchev–Trinajstić information content (AvgIpc) is 3.03. The van der Waals surface area contributed by atoms with Crippen molar-refractivity contribution in [1.82, 2.24) is 10.2 Å². The summed E-state index contributed by atoms with van der Waals surface area (Å²) in [5.74, 6) is 2.13. The average molecular weight is 222 g/mol. The van der Waals surface area contributed by atoms with Gasteiger partial charge in [-0.3, -0.25) is 4.90 Å². The molecule has 0 spiro atoms. The largest absolute Gasteiger partial charge is 0.463 e. The van der Waals surface area contributed by atoms with Crippen molar-refractivity contribution in [2.45, 2.75) is 45.3 Å². The maximum atomic E-state index is 5.77. The van der Waals surface area contributed by atoms with E-state index >= 15 is 0 Å². The first kappa shape index (κ1) is 11.7. The highest BCUT2D eigenvalue weighted by atomic mass is 16.3. The van der Waals surface area contributed by atoms with Crippen molar-refractivity contribution in [2.75, 3.05) is 13.6 Å². The fraction of sp³-hybridized carbons (Fsp3) is 0.692.